The van der Waals surface area contributed by atoms with E-state index in [-0.39, 0.29) is 0 Å². The van der Waals surface area contributed by atoms with Crippen LogP contribution >= 0.6 is 23.6 Å². The second kappa shape index (κ2) is 4.33. The van der Waals surface area contributed by atoms with Gasteiger partial charge in [0.2, 0.25) is 0 Å². The third-order valence-electron chi connectivity index (χ3n) is 2.43. The number of aromatic nitrogens is 2. The average molecular weight is 238 g/mol. The van der Waals surface area contributed by atoms with Crippen molar-refractivity contribution < 1.29 is 0 Å². The molecule has 2 aromatic heterocycles. The summed E-state index contributed by atoms with van der Waals surface area (Å²) in [6.07, 6.45) is 3.01. The Bertz CT molecular complexity index is 505. The van der Waals surface area contributed by atoms with E-state index >= 15 is 0 Å². The second-order valence-corrected chi connectivity index (χ2v) is 5.30. The average Bonchev–Trinajstić information content (AvgIpc) is 2.76. The predicted octanol–water partition coefficient (Wildman–Crippen LogP) is 3.53. The standard InChI is InChI=1S/C11H14N2S2/c1-3-9-6-12-11(14)13(9)7-10-5-4-8(2)15-10/h4-6H,3,7H2,1-2H3,(H,12,14). The molecule has 1 N–H and O–H groups in total. The lowest BCUT2D eigenvalue weighted by molar-refractivity contribution is 0.745. The molecule has 0 aliphatic carbocycles. The quantitative estimate of drug-likeness (QED) is 0.811. The minimum Gasteiger partial charge on any atom is -0.337 e. The summed E-state index contributed by atoms with van der Waals surface area (Å²) in [5.74, 6) is 0. The molecule has 4 heteroatoms. The summed E-state index contributed by atoms with van der Waals surface area (Å²) in [6, 6.07) is 4.33. The van der Waals surface area contributed by atoms with Crippen molar-refractivity contribution in [3.05, 3.63) is 38.5 Å². The van der Waals surface area contributed by atoms with E-state index < -0.39 is 0 Å². The van der Waals surface area contributed by atoms with Crippen LogP contribution in [0.3, 0.4) is 0 Å². The minimum absolute atomic E-state index is 0.818. The first-order valence-electron chi connectivity index (χ1n) is 5.03. The molecule has 0 aromatic carbocycles. The number of nitrogens with one attached hydrogen (secondary N) is 1. The molecule has 2 rings (SSSR count). The lowest BCUT2D eigenvalue weighted by atomic mass is 10.3. The third-order valence-corrected chi connectivity index (χ3v) is 3.75. The molecule has 0 amide bonds. The maximum atomic E-state index is 5.26. The molecule has 80 valence electrons. The van der Waals surface area contributed by atoms with Gasteiger partial charge in [-0.05, 0) is 37.7 Å². The zero-order chi connectivity index (χ0) is 10.8. The number of nitrogens with zero attached hydrogens (tertiary/aromatic N) is 1. The first-order valence-corrected chi connectivity index (χ1v) is 6.25. The lowest BCUT2D eigenvalue weighted by Gasteiger charge is -2.04. The highest BCUT2D eigenvalue weighted by atomic mass is 32.1. The van der Waals surface area contributed by atoms with E-state index in [2.05, 4.69) is 35.5 Å². The molecule has 0 radical (unpaired) electrons. The van der Waals surface area contributed by atoms with Crippen LogP contribution in [0, 0.1) is 11.7 Å². The van der Waals surface area contributed by atoms with Crippen LogP contribution in [-0.2, 0) is 13.0 Å². The summed E-state index contributed by atoms with van der Waals surface area (Å²) in [5.41, 5.74) is 1.27. The summed E-state index contributed by atoms with van der Waals surface area (Å²) < 4.78 is 2.98. The Labute approximate surface area is 98.6 Å². The molecule has 0 spiro atoms. The molecular formula is C11H14N2S2. The maximum Gasteiger partial charge on any atom is 0.177 e. The van der Waals surface area contributed by atoms with Gasteiger partial charge in [-0.25, -0.2) is 0 Å². The number of imidazole rings is 1. The number of hydrogen-bond acceptors (Lipinski definition) is 2. The summed E-state index contributed by atoms with van der Waals surface area (Å²) in [4.78, 5) is 5.81. The molecule has 0 saturated carbocycles. The van der Waals surface area contributed by atoms with Crippen molar-refractivity contribution >= 4 is 23.6 Å². The van der Waals surface area contributed by atoms with Crippen molar-refractivity contribution in [3.63, 3.8) is 0 Å². The summed E-state index contributed by atoms with van der Waals surface area (Å²) in [6.45, 7) is 5.17. The SMILES string of the molecule is CCc1c[nH]c(=S)n1Cc1ccc(C)s1. The molecule has 0 aliphatic heterocycles. The molecule has 15 heavy (non-hydrogen) atoms. The minimum atomic E-state index is 0.818. The molecule has 2 heterocycles. The van der Waals surface area contributed by atoms with Gasteiger partial charge in [0.05, 0.1) is 6.54 Å². The Morgan fingerprint density at radius 1 is 1.47 bits per heavy atom. The van der Waals surface area contributed by atoms with Gasteiger partial charge in [-0.2, -0.15) is 0 Å². The number of rotatable bonds is 3. The number of hydrogen-bond donors (Lipinski definition) is 1. The smallest absolute Gasteiger partial charge is 0.177 e. The molecule has 0 aliphatic rings. The lowest BCUT2D eigenvalue weighted by Crippen LogP contribution is -2.02. The monoisotopic (exact) mass is 238 g/mol. The highest BCUT2D eigenvalue weighted by Gasteiger charge is 2.04. The first-order chi connectivity index (χ1) is 7.20. The van der Waals surface area contributed by atoms with Gasteiger partial charge in [-0.3, -0.25) is 0 Å². The molecule has 0 unspecified atom stereocenters. The largest absolute Gasteiger partial charge is 0.337 e. The van der Waals surface area contributed by atoms with Gasteiger partial charge >= 0.3 is 0 Å². The van der Waals surface area contributed by atoms with Crippen LogP contribution < -0.4 is 0 Å². The van der Waals surface area contributed by atoms with Crippen molar-refractivity contribution in [2.24, 2.45) is 0 Å². The van der Waals surface area contributed by atoms with Crippen LogP contribution in [0.15, 0.2) is 18.3 Å². The predicted molar refractivity (Wildman–Crippen MR) is 67.2 cm³/mol. The van der Waals surface area contributed by atoms with E-state index in [4.69, 9.17) is 12.2 Å². The van der Waals surface area contributed by atoms with Crippen LogP contribution in [0.25, 0.3) is 0 Å². The topological polar surface area (TPSA) is 20.7 Å². The Balaban J connectivity index is 2.31. The Morgan fingerprint density at radius 3 is 2.87 bits per heavy atom. The van der Waals surface area contributed by atoms with E-state index in [9.17, 15) is 0 Å². The van der Waals surface area contributed by atoms with E-state index in [0.29, 0.717) is 0 Å². The first kappa shape index (κ1) is 10.6. The summed E-state index contributed by atoms with van der Waals surface area (Å²) in [7, 11) is 0. The molecule has 2 aromatic rings. The Hall–Kier alpha value is -0.870. The van der Waals surface area contributed by atoms with Gasteiger partial charge in [0, 0.05) is 21.6 Å². The van der Waals surface area contributed by atoms with Gasteiger partial charge < -0.3 is 9.55 Å². The van der Waals surface area contributed by atoms with Crippen LogP contribution in [0.2, 0.25) is 0 Å². The number of thiophene rings is 1. The highest BCUT2D eigenvalue weighted by molar-refractivity contribution is 7.71. The van der Waals surface area contributed by atoms with Crippen LogP contribution in [-0.4, -0.2) is 9.55 Å². The molecule has 0 bridgehead atoms. The number of H-pyrrole nitrogens is 1. The molecule has 0 saturated heterocycles. The molecule has 0 fully saturated rings. The normalized spacial score (nSPS) is 10.8. The van der Waals surface area contributed by atoms with Gasteiger partial charge in [-0.15, -0.1) is 11.3 Å². The van der Waals surface area contributed by atoms with Crippen LogP contribution in [0.1, 0.15) is 22.4 Å². The van der Waals surface area contributed by atoms with Crippen molar-refractivity contribution in [1.82, 2.24) is 9.55 Å². The van der Waals surface area contributed by atoms with E-state index in [1.54, 1.807) is 0 Å². The summed E-state index contributed by atoms with van der Waals surface area (Å²) >= 11 is 7.09. The third kappa shape index (κ3) is 2.21. The van der Waals surface area contributed by atoms with Crippen LogP contribution in [0.4, 0.5) is 0 Å². The second-order valence-electron chi connectivity index (χ2n) is 3.54. The van der Waals surface area contributed by atoms with Crippen molar-refractivity contribution in [3.8, 4) is 0 Å². The number of aryl methyl sites for hydroxylation is 2. The fourth-order valence-electron chi connectivity index (χ4n) is 1.62. The zero-order valence-electron chi connectivity index (χ0n) is 8.91. The Kier molecular flexibility index (Phi) is 3.07. The van der Waals surface area contributed by atoms with Crippen molar-refractivity contribution in [2.45, 2.75) is 26.8 Å². The van der Waals surface area contributed by atoms with Crippen molar-refractivity contribution in [2.75, 3.05) is 0 Å². The highest BCUT2D eigenvalue weighted by Crippen LogP contribution is 2.17. The van der Waals surface area contributed by atoms with Crippen molar-refractivity contribution in [1.29, 1.82) is 0 Å². The number of aromatic amines is 1. The van der Waals surface area contributed by atoms with E-state index in [1.807, 2.05) is 17.5 Å². The molecule has 2 nitrogen and oxygen atoms in total. The van der Waals surface area contributed by atoms with E-state index in [1.165, 1.54) is 15.4 Å². The van der Waals surface area contributed by atoms with Gasteiger partial charge in [0.15, 0.2) is 4.77 Å². The van der Waals surface area contributed by atoms with E-state index in [0.717, 1.165) is 17.7 Å². The van der Waals surface area contributed by atoms with Gasteiger partial charge in [0.1, 0.15) is 0 Å². The zero-order valence-corrected chi connectivity index (χ0v) is 10.5. The fraction of sp³-hybridized carbons (Fsp3) is 0.364. The van der Waals surface area contributed by atoms with Crippen LogP contribution in [0.5, 0.6) is 0 Å². The Morgan fingerprint density at radius 2 is 2.27 bits per heavy atom. The summed E-state index contributed by atoms with van der Waals surface area (Å²) in [5, 5.41) is 0. The maximum absolute atomic E-state index is 5.26. The van der Waals surface area contributed by atoms with Gasteiger partial charge in [0.25, 0.3) is 0 Å². The molecule has 0 atom stereocenters. The molecular weight excluding hydrogens is 224 g/mol. The van der Waals surface area contributed by atoms with Gasteiger partial charge in [-0.1, -0.05) is 6.92 Å². The fourth-order valence-corrected chi connectivity index (χ4v) is 2.74.